The number of hydrogen-bond donors (Lipinski definition) is 1. The van der Waals surface area contributed by atoms with Gasteiger partial charge in [0.05, 0.1) is 0 Å². The van der Waals surface area contributed by atoms with Gasteiger partial charge in [0.1, 0.15) is 18.5 Å². The molecule has 1 saturated heterocycles. The summed E-state index contributed by atoms with van der Waals surface area (Å²) in [6.45, 7) is 1.31. The minimum absolute atomic E-state index is 0.00401. The van der Waals surface area contributed by atoms with E-state index in [-0.39, 0.29) is 17.8 Å². The van der Waals surface area contributed by atoms with Gasteiger partial charge in [-0.05, 0) is 49.2 Å². The molecule has 0 saturated carbocycles. The third kappa shape index (κ3) is 3.97. The van der Waals surface area contributed by atoms with Crippen molar-refractivity contribution in [2.45, 2.75) is 18.9 Å². The summed E-state index contributed by atoms with van der Waals surface area (Å²) in [4.78, 5) is 14.8. The number of piperidine rings is 1. The quantitative estimate of drug-likeness (QED) is 0.772. The number of aromatic nitrogens is 3. The molecule has 0 aliphatic carbocycles. The molecule has 0 spiro atoms. The number of nitrogens with zero attached hydrogens (tertiary/aromatic N) is 4. The van der Waals surface area contributed by atoms with Crippen LogP contribution in [0.3, 0.4) is 0 Å². The van der Waals surface area contributed by atoms with Gasteiger partial charge < -0.3 is 10.2 Å². The molecule has 138 valence electrons. The molecule has 0 unspecified atom stereocenters. The first-order chi connectivity index (χ1) is 13.2. The summed E-state index contributed by atoms with van der Waals surface area (Å²) in [5, 5.41) is 10.9. The number of hydrogen-bond acceptors (Lipinski definition) is 4. The van der Waals surface area contributed by atoms with Gasteiger partial charge in [-0.15, -0.1) is 10.2 Å². The van der Waals surface area contributed by atoms with E-state index in [0.717, 1.165) is 30.8 Å². The molecular formula is C20H20FN5O. The van der Waals surface area contributed by atoms with Gasteiger partial charge in [0.25, 0.3) is 5.91 Å². The Bertz CT molecular complexity index is 928. The first kappa shape index (κ1) is 17.2. The molecule has 2 aromatic carbocycles. The van der Waals surface area contributed by atoms with Crippen LogP contribution in [0.25, 0.3) is 5.69 Å². The van der Waals surface area contributed by atoms with Gasteiger partial charge in [0.2, 0.25) is 0 Å². The summed E-state index contributed by atoms with van der Waals surface area (Å²) in [6.07, 6.45) is 5.05. The predicted molar refractivity (Wildman–Crippen MR) is 100 cm³/mol. The average Bonchev–Trinajstić information content (AvgIpc) is 3.23. The number of anilines is 1. The zero-order valence-electron chi connectivity index (χ0n) is 14.8. The van der Waals surface area contributed by atoms with Crippen molar-refractivity contribution in [3.63, 3.8) is 0 Å². The summed E-state index contributed by atoms with van der Waals surface area (Å²) >= 11 is 0. The molecular weight excluding hydrogens is 345 g/mol. The van der Waals surface area contributed by atoms with Crippen molar-refractivity contribution in [3.8, 4) is 5.69 Å². The lowest BCUT2D eigenvalue weighted by Crippen LogP contribution is -2.45. The standard InChI is InChI=1S/C20H20FN5O/c21-16-5-2-6-17(11-16)24-18-7-3-9-25(12-18)20(27)15-4-1-8-19(10-15)26-13-22-23-14-26/h1-2,4-6,8,10-11,13-14,18,24H,3,7,9,12H2/t18-/m1/s1. The molecule has 4 rings (SSSR count). The van der Waals surface area contributed by atoms with Crippen LogP contribution >= 0.6 is 0 Å². The summed E-state index contributed by atoms with van der Waals surface area (Å²) in [5.41, 5.74) is 2.22. The van der Waals surface area contributed by atoms with Gasteiger partial charge in [0, 0.05) is 36.1 Å². The minimum atomic E-state index is -0.269. The van der Waals surface area contributed by atoms with E-state index >= 15 is 0 Å². The topological polar surface area (TPSA) is 63.1 Å². The minimum Gasteiger partial charge on any atom is -0.380 e. The second-order valence-electron chi connectivity index (χ2n) is 6.66. The third-order valence-corrected chi connectivity index (χ3v) is 4.71. The molecule has 1 aliphatic rings. The van der Waals surface area contributed by atoms with Crippen LogP contribution in [0.15, 0.2) is 61.2 Å². The highest BCUT2D eigenvalue weighted by molar-refractivity contribution is 5.94. The highest BCUT2D eigenvalue weighted by Gasteiger charge is 2.24. The van der Waals surface area contributed by atoms with Crippen molar-refractivity contribution in [2.24, 2.45) is 0 Å². The molecule has 1 N–H and O–H groups in total. The van der Waals surface area contributed by atoms with Crippen LogP contribution in [0.1, 0.15) is 23.2 Å². The van der Waals surface area contributed by atoms with E-state index < -0.39 is 0 Å². The number of nitrogens with one attached hydrogen (secondary N) is 1. The van der Waals surface area contributed by atoms with Crippen molar-refractivity contribution in [3.05, 3.63) is 72.6 Å². The first-order valence-electron chi connectivity index (χ1n) is 8.95. The van der Waals surface area contributed by atoms with Crippen LogP contribution in [0.4, 0.5) is 10.1 Å². The SMILES string of the molecule is O=C(c1cccc(-n2cnnc2)c1)N1CCC[C@@H](Nc2cccc(F)c2)C1. The molecule has 7 heteroatoms. The van der Waals surface area contributed by atoms with Crippen LogP contribution in [0.2, 0.25) is 0 Å². The zero-order chi connectivity index (χ0) is 18.6. The Morgan fingerprint density at radius 2 is 1.93 bits per heavy atom. The Kier molecular flexibility index (Phi) is 4.82. The average molecular weight is 365 g/mol. The number of benzene rings is 2. The van der Waals surface area contributed by atoms with Gasteiger partial charge in [-0.1, -0.05) is 12.1 Å². The maximum absolute atomic E-state index is 13.4. The van der Waals surface area contributed by atoms with Crippen molar-refractivity contribution in [1.82, 2.24) is 19.7 Å². The molecule has 1 amide bonds. The normalized spacial score (nSPS) is 16.9. The van der Waals surface area contributed by atoms with Crippen LogP contribution in [-0.2, 0) is 0 Å². The zero-order valence-corrected chi connectivity index (χ0v) is 14.8. The van der Waals surface area contributed by atoms with Crippen molar-refractivity contribution >= 4 is 11.6 Å². The number of likely N-dealkylation sites (tertiary alicyclic amines) is 1. The highest BCUT2D eigenvalue weighted by Crippen LogP contribution is 2.19. The van der Waals surface area contributed by atoms with Crippen LogP contribution in [0, 0.1) is 5.82 Å². The number of carbonyl (C=O) groups excluding carboxylic acids is 1. The molecule has 0 radical (unpaired) electrons. The molecule has 1 atom stereocenters. The number of rotatable bonds is 4. The van der Waals surface area contributed by atoms with E-state index in [1.54, 1.807) is 23.3 Å². The van der Waals surface area contributed by atoms with Crippen molar-refractivity contribution in [1.29, 1.82) is 0 Å². The smallest absolute Gasteiger partial charge is 0.253 e. The molecule has 1 aromatic heterocycles. The second kappa shape index (κ2) is 7.57. The summed E-state index contributed by atoms with van der Waals surface area (Å²) in [6, 6.07) is 13.9. The third-order valence-electron chi connectivity index (χ3n) is 4.71. The molecule has 1 fully saturated rings. The van der Waals surface area contributed by atoms with Crippen LogP contribution in [-0.4, -0.2) is 44.7 Å². The monoisotopic (exact) mass is 365 g/mol. The van der Waals surface area contributed by atoms with E-state index in [9.17, 15) is 9.18 Å². The predicted octanol–water partition coefficient (Wildman–Crippen LogP) is 3.12. The lowest BCUT2D eigenvalue weighted by molar-refractivity contribution is 0.0715. The maximum atomic E-state index is 13.4. The number of carbonyl (C=O) groups is 1. The molecule has 0 bridgehead atoms. The van der Waals surface area contributed by atoms with Gasteiger partial charge in [-0.25, -0.2) is 4.39 Å². The van der Waals surface area contributed by atoms with E-state index in [4.69, 9.17) is 0 Å². The largest absolute Gasteiger partial charge is 0.380 e. The van der Waals surface area contributed by atoms with Gasteiger partial charge in [-0.2, -0.15) is 0 Å². The summed E-state index contributed by atoms with van der Waals surface area (Å²) in [7, 11) is 0. The number of amides is 1. The molecule has 1 aliphatic heterocycles. The molecule has 3 aromatic rings. The van der Waals surface area contributed by atoms with Crippen LogP contribution in [0.5, 0.6) is 0 Å². The Labute approximate surface area is 156 Å². The molecule has 6 nitrogen and oxygen atoms in total. The van der Waals surface area contributed by atoms with Crippen LogP contribution < -0.4 is 5.32 Å². The fourth-order valence-corrected chi connectivity index (χ4v) is 3.41. The Hall–Kier alpha value is -3.22. The highest BCUT2D eigenvalue weighted by atomic mass is 19.1. The fraction of sp³-hybridized carbons (Fsp3) is 0.250. The van der Waals surface area contributed by atoms with Gasteiger partial charge in [-0.3, -0.25) is 9.36 Å². The van der Waals surface area contributed by atoms with Crippen molar-refractivity contribution in [2.75, 3.05) is 18.4 Å². The Morgan fingerprint density at radius 3 is 2.74 bits per heavy atom. The van der Waals surface area contributed by atoms with Gasteiger partial charge >= 0.3 is 0 Å². The summed E-state index contributed by atoms with van der Waals surface area (Å²) < 4.78 is 15.2. The van der Waals surface area contributed by atoms with E-state index in [1.807, 2.05) is 35.2 Å². The van der Waals surface area contributed by atoms with E-state index in [1.165, 1.54) is 12.1 Å². The van der Waals surface area contributed by atoms with E-state index in [0.29, 0.717) is 12.1 Å². The Balaban J connectivity index is 1.46. The first-order valence-corrected chi connectivity index (χ1v) is 8.95. The van der Waals surface area contributed by atoms with Gasteiger partial charge in [0.15, 0.2) is 0 Å². The molecule has 27 heavy (non-hydrogen) atoms. The van der Waals surface area contributed by atoms with Crippen molar-refractivity contribution < 1.29 is 9.18 Å². The fourth-order valence-electron chi connectivity index (χ4n) is 3.41. The molecule has 2 heterocycles. The Morgan fingerprint density at radius 1 is 1.11 bits per heavy atom. The van der Waals surface area contributed by atoms with E-state index in [2.05, 4.69) is 15.5 Å². The summed E-state index contributed by atoms with van der Waals surface area (Å²) in [5.74, 6) is -0.273. The maximum Gasteiger partial charge on any atom is 0.253 e. The lowest BCUT2D eigenvalue weighted by Gasteiger charge is -2.34. The number of halogens is 1. The lowest BCUT2D eigenvalue weighted by atomic mass is 10.0. The second-order valence-corrected chi connectivity index (χ2v) is 6.66.